The highest BCUT2D eigenvalue weighted by Gasteiger charge is 2.30. The fraction of sp³-hybridized carbons (Fsp3) is 0.488. The molecule has 2 aromatic heterocycles. The van der Waals surface area contributed by atoms with Crippen LogP contribution in [0.3, 0.4) is 0 Å². The number of nitrogens with one attached hydrogen (secondary N) is 2. The molecule has 4 aromatic rings. The van der Waals surface area contributed by atoms with Crippen LogP contribution in [0.2, 0.25) is 0 Å². The molecule has 5 heterocycles. The molecule has 0 bridgehead atoms. The number of nitrogens with zero attached hydrogens (tertiary/aromatic N) is 7. The van der Waals surface area contributed by atoms with Crippen molar-refractivity contribution in [2.24, 2.45) is 0 Å². The number of benzene rings is 2. The van der Waals surface area contributed by atoms with Gasteiger partial charge in [-0.1, -0.05) is 37.1 Å². The normalized spacial score (nSPS) is 20.9. The van der Waals surface area contributed by atoms with Crippen molar-refractivity contribution in [1.82, 2.24) is 34.6 Å². The lowest BCUT2D eigenvalue weighted by atomic mass is 9.90. The number of amides is 3. The second kappa shape index (κ2) is 15.3. The molecule has 3 saturated heterocycles. The standard InChI is InChI=1S/C41H51N9O3/c1-46(2)40(53)36-25-30-26-42-41(45-38(30)50(36)34-5-3-4-6-34)43-31-11-13-32(14-12-31)48-21-23-49(24-22-48)33-17-19-47(20-18-33)27-28-7-9-29(10-8-28)35-15-16-37(51)44-39(35)52/h7-14,25-26,33-35H,3-6,15-24,27H2,1-2H3,(H,42,43,45)(H,44,51,52). The van der Waals surface area contributed by atoms with Gasteiger partial charge in [0.25, 0.3) is 5.91 Å². The third kappa shape index (κ3) is 7.66. The van der Waals surface area contributed by atoms with Gasteiger partial charge in [0.05, 0.1) is 5.92 Å². The Labute approximate surface area is 311 Å². The van der Waals surface area contributed by atoms with E-state index in [0.29, 0.717) is 30.5 Å². The van der Waals surface area contributed by atoms with Crippen molar-refractivity contribution in [3.05, 3.63) is 77.6 Å². The first-order chi connectivity index (χ1) is 25.8. The van der Waals surface area contributed by atoms with E-state index in [2.05, 4.69) is 83.4 Å². The van der Waals surface area contributed by atoms with Crippen LogP contribution in [0.4, 0.5) is 17.3 Å². The molecular formula is C41H51N9O3. The Kier molecular flexibility index (Phi) is 10.2. The molecule has 0 radical (unpaired) electrons. The number of anilines is 3. The van der Waals surface area contributed by atoms with Crippen LogP contribution in [0.15, 0.2) is 60.8 Å². The Balaban J connectivity index is 0.818. The van der Waals surface area contributed by atoms with E-state index < -0.39 is 0 Å². The molecule has 4 aliphatic rings. The van der Waals surface area contributed by atoms with Gasteiger partial charge in [0.1, 0.15) is 11.3 Å². The summed E-state index contributed by atoms with van der Waals surface area (Å²) < 4.78 is 2.15. The van der Waals surface area contributed by atoms with Crippen LogP contribution in [0.1, 0.15) is 84.9 Å². The Morgan fingerprint density at radius 2 is 1.58 bits per heavy atom. The summed E-state index contributed by atoms with van der Waals surface area (Å²) in [4.78, 5) is 55.7. The number of hydrogen-bond donors (Lipinski definition) is 2. The first-order valence-electron chi connectivity index (χ1n) is 19.4. The highest BCUT2D eigenvalue weighted by atomic mass is 16.2. The van der Waals surface area contributed by atoms with E-state index in [4.69, 9.17) is 4.98 Å². The van der Waals surface area contributed by atoms with Gasteiger partial charge in [-0.2, -0.15) is 4.98 Å². The first kappa shape index (κ1) is 35.2. The highest BCUT2D eigenvalue weighted by molar-refractivity contribution is 6.01. The SMILES string of the molecule is CN(C)C(=O)c1cc2cnc(Nc3ccc(N4CCN(C5CCN(Cc6ccc(C7CCC(=O)NC7=O)cc6)CC5)CC4)cc3)nc2n1C1CCCC1. The van der Waals surface area contributed by atoms with Gasteiger partial charge in [-0.05, 0) is 86.7 Å². The van der Waals surface area contributed by atoms with Crippen molar-refractivity contribution >= 4 is 46.1 Å². The molecule has 12 nitrogen and oxygen atoms in total. The maximum atomic E-state index is 13.1. The van der Waals surface area contributed by atoms with Gasteiger partial charge in [0, 0.05) is 88.3 Å². The molecule has 4 fully saturated rings. The molecule has 1 aliphatic carbocycles. The maximum absolute atomic E-state index is 13.1. The molecule has 12 heteroatoms. The van der Waals surface area contributed by atoms with E-state index >= 15 is 0 Å². The Bertz CT molecular complexity index is 1940. The summed E-state index contributed by atoms with van der Waals surface area (Å²) in [5, 5.41) is 6.77. The molecule has 1 unspecified atom stereocenters. The van der Waals surface area contributed by atoms with Gasteiger partial charge >= 0.3 is 0 Å². The number of imide groups is 1. The minimum Gasteiger partial charge on any atom is -0.369 e. The number of likely N-dealkylation sites (tertiary alicyclic amines) is 1. The van der Waals surface area contributed by atoms with Gasteiger partial charge in [-0.25, -0.2) is 4.98 Å². The number of carbonyl (C=O) groups excluding carboxylic acids is 3. The van der Waals surface area contributed by atoms with Crippen molar-refractivity contribution in [3.8, 4) is 0 Å². The number of hydrogen-bond acceptors (Lipinski definition) is 9. The van der Waals surface area contributed by atoms with Crippen molar-refractivity contribution in [3.63, 3.8) is 0 Å². The van der Waals surface area contributed by atoms with Gasteiger partial charge in [-0.3, -0.25) is 29.5 Å². The van der Waals surface area contributed by atoms with Crippen LogP contribution in [-0.4, -0.2) is 106 Å². The van der Waals surface area contributed by atoms with E-state index in [0.717, 1.165) is 80.9 Å². The summed E-state index contributed by atoms with van der Waals surface area (Å²) in [5.74, 6) is -0.0445. The summed E-state index contributed by atoms with van der Waals surface area (Å²) in [6.45, 7) is 7.27. The lowest BCUT2D eigenvalue weighted by Gasteiger charge is -2.43. The predicted molar refractivity (Wildman–Crippen MR) is 206 cm³/mol. The molecule has 3 amide bonds. The third-order valence-electron chi connectivity index (χ3n) is 11.8. The molecule has 0 spiro atoms. The topological polar surface area (TPSA) is 119 Å². The lowest BCUT2D eigenvalue weighted by molar-refractivity contribution is -0.134. The van der Waals surface area contributed by atoms with Crippen LogP contribution >= 0.6 is 0 Å². The molecular weight excluding hydrogens is 667 g/mol. The molecule has 2 aromatic carbocycles. The number of fused-ring (bicyclic) bond motifs is 1. The van der Waals surface area contributed by atoms with Crippen LogP contribution in [0.5, 0.6) is 0 Å². The number of piperazine rings is 1. The first-order valence-corrected chi connectivity index (χ1v) is 19.4. The maximum Gasteiger partial charge on any atom is 0.270 e. The van der Waals surface area contributed by atoms with Crippen molar-refractivity contribution in [1.29, 1.82) is 0 Å². The smallest absolute Gasteiger partial charge is 0.270 e. The fourth-order valence-corrected chi connectivity index (χ4v) is 8.79. The van der Waals surface area contributed by atoms with Crippen LogP contribution in [0, 0.1) is 0 Å². The van der Waals surface area contributed by atoms with Gasteiger partial charge in [0.2, 0.25) is 17.8 Å². The lowest BCUT2D eigenvalue weighted by Crippen LogP contribution is -2.53. The molecule has 1 saturated carbocycles. The second-order valence-electron chi connectivity index (χ2n) is 15.5. The van der Waals surface area contributed by atoms with Gasteiger partial charge in [0.15, 0.2) is 0 Å². The fourth-order valence-electron chi connectivity index (χ4n) is 8.79. The molecule has 8 rings (SSSR count). The van der Waals surface area contributed by atoms with E-state index in [-0.39, 0.29) is 29.7 Å². The molecule has 2 N–H and O–H groups in total. The number of piperidine rings is 2. The van der Waals surface area contributed by atoms with E-state index in [1.54, 1.807) is 19.0 Å². The van der Waals surface area contributed by atoms with E-state index in [1.165, 1.54) is 36.9 Å². The number of rotatable bonds is 9. The zero-order chi connectivity index (χ0) is 36.5. The minimum absolute atomic E-state index is 0.00391. The molecule has 1 atom stereocenters. The van der Waals surface area contributed by atoms with Crippen LogP contribution < -0.4 is 15.5 Å². The summed E-state index contributed by atoms with van der Waals surface area (Å²) >= 11 is 0. The average molecular weight is 718 g/mol. The van der Waals surface area contributed by atoms with E-state index in [9.17, 15) is 14.4 Å². The van der Waals surface area contributed by atoms with E-state index in [1.807, 2.05) is 12.3 Å². The average Bonchev–Trinajstić information content (AvgIpc) is 3.84. The minimum atomic E-state index is -0.228. The molecule has 3 aliphatic heterocycles. The van der Waals surface area contributed by atoms with Crippen LogP contribution in [0.25, 0.3) is 11.0 Å². The Morgan fingerprint density at radius 1 is 0.868 bits per heavy atom. The van der Waals surface area contributed by atoms with Crippen molar-refractivity contribution in [2.45, 2.75) is 75.9 Å². The third-order valence-corrected chi connectivity index (χ3v) is 11.8. The largest absolute Gasteiger partial charge is 0.369 e. The Hall–Kier alpha value is -4.81. The highest BCUT2D eigenvalue weighted by Crippen LogP contribution is 2.35. The monoisotopic (exact) mass is 717 g/mol. The molecule has 278 valence electrons. The zero-order valence-electron chi connectivity index (χ0n) is 31.0. The van der Waals surface area contributed by atoms with Gasteiger partial charge in [-0.15, -0.1) is 0 Å². The van der Waals surface area contributed by atoms with Crippen molar-refractivity contribution in [2.75, 3.05) is 63.6 Å². The van der Waals surface area contributed by atoms with Crippen LogP contribution in [-0.2, 0) is 16.1 Å². The summed E-state index contributed by atoms with van der Waals surface area (Å²) in [6.07, 6.45) is 9.65. The quantitative estimate of drug-likeness (QED) is 0.223. The number of carbonyl (C=O) groups is 3. The Morgan fingerprint density at radius 3 is 2.26 bits per heavy atom. The van der Waals surface area contributed by atoms with Crippen molar-refractivity contribution < 1.29 is 14.4 Å². The second-order valence-corrected chi connectivity index (χ2v) is 15.5. The zero-order valence-corrected chi connectivity index (χ0v) is 31.0. The number of aromatic nitrogens is 3. The van der Waals surface area contributed by atoms with Gasteiger partial charge < -0.3 is 19.7 Å². The summed E-state index contributed by atoms with van der Waals surface area (Å²) in [5.41, 5.74) is 5.93. The molecule has 53 heavy (non-hydrogen) atoms. The summed E-state index contributed by atoms with van der Waals surface area (Å²) in [6, 6.07) is 19.8. The summed E-state index contributed by atoms with van der Waals surface area (Å²) in [7, 11) is 3.59. The predicted octanol–water partition coefficient (Wildman–Crippen LogP) is 5.30.